The van der Waals surface area contributed by atoms with Crippen molar-refractivity contribution in [2.75, 3.05) is 20.8 Å². The number of ether oxygens (including phenoxy) is 3. The van der Waals surface area contributed by atoms with Crippen LogP contribution in [-0.2, 0) is 16.1 Å². The van der Waals surface area contributed by atoms with Gasteiger partial charge in [-0.25, -0.2) is 0 Å². The maximum absolute atomic E-state index is 13.3. The molecule has 1 fully saturated rings. The van der Waals surface area contributed by atoms with Crippen LogP contribution >= 0.6 is 0 Å². The van der Waals surface area contributed by atoms with E-state index in [2.05, 4.69) is 4.98 Å². The Morgan fingerprint density at radius 1 is 1.03 bits per heavy atom. The lowest BCUT2D eigenvalue weighted by molar-refractivity contribution is -0.140. The fraction of sp³-hybridized carbons (Fsp3) is 0.250. The van der Waals surface area contributed by atoms with Crippen LogP contribution in [0.4, 0.5) is 0 Å². The third kappa shape index (κ3) is 4.62. The van der Waals surface area contributed by atoms with Crippen molar-refractivity contribution in [1.29, 1.82) is 0 Å². The number of hydrogen-bond acceptors (Lipinski definition) is 7. The summed E-state index contributed by atoms with van der Waals surface area (Å²) in [6.07, 6.45) is 3.28. The van der Waals surface area contributed by atoms with E-state index >= 15 is 0 Å². The van der Waals surface area contributed by atoms with Crippen molar-refractivity contribution in [2.45, 2.75) is 26.4 Å². The molecule has 0 saturated carbocycles. The lowest BCUT2D eigenvalue weighted by Gasteiger charge is -2.26. The number of pyridine rings is 1. The highest BCUT2D eigenvalue weighted by molar-refractivity contribution is 6.46. The Balaban J connectivity index is 1.89. The molecule has 0 aliphatic carbocycles. The zero-order valence-corrected chi connectivity index (χ0v) is 20.6. The van der Waals surface area contributed by atoms with Crippen molar-refractivity contribution in [3.05, 3.63) is 88.8 Å². The Labute approximate surface area is 209 Å². The van der Waals surface area contributed by atoms with Crippen LogP contribution in [0.25, 0.3) is 5.76 Å². The molecule has 1 saturated heterocycles. The summed E-state index contributed by atoms with van der Waals surface area (Å²) in [6, 6.07) is 13.1. The number of Topliss-reactive ketones (excluding diaryl/α,β-unsaturated/α-hetero) is 1. The molecular formula is C28H28N2O6. The fourth-order valence-corrected chi connectivity index (χ4v) is 4.39. The number of ketones is 1. The number of rotatable bonds is 8. The van der Waals surface area contributed by atoms with Crippen molar-refractivity contribution in [3.8, 4) is 17.2 Å². The monoisotopic (exact) mass is 488 g/mol. The summed E-state index contributed by atoms with van der Waals surface area (Å²) in [7, 11) is 3.08. The molecular weight excluding hydrogens is 460 g/mol. The summed E-state index contributed by atoms with van der Waals surface area (Å²) >= 11 is 0. The number of nitrogens with zero attached hydrogens (tertiary/aromatic N) is 2. The average molecular weight is 489 g/mol. The highest BCUT2D eigenvalue weighted by Gasteiger charge is 2.46. The van der Waals surface area contributed by atoms with E-state index in [4.69, 9.17) is 14.2 Å². The van der Waals surface area contributed by atoms with Gasteiger partial charge in [0.1, 0.15) is 11.5 Å². The molecule has 0 unspecified atom stereocenters. The Kier molecular flexibility index (Phi) is 7.24. The molecule has 1 amide bonds. The van der Waals surface area contributed by atoms with E-state index < -0.39 is 17.7 Å². The van der Waals surface area contributed by atoms with Crippen LogP contribution in [0.15, 0.2) is 66.5 Å². The lowest BCUT2D eigenvalue weighted by Crippen LogP contribution is -2.29. The number of hydrogen-bond donors (Lipinski definition) is 1. The number of aliphatic hydroxyl groups is 1. The molecule has 0 bridgehead atoms. The topological polar surface area (TPSA) is 98.2 Å². The molecule has 2 aromatic carbocycles. The Bertz CT molecular complexity index is 1320. The van der Waals surface area contributed by atoms with Crippen molar-refractivity contribution >= 4 is 17.4 Å². The maximum atomic E-state index is 13.3. The van der Waals surface area contributed by atoms with Crippen molar-refractivity contribution in [1.82, 2.24) is 9.88 Å². The van der Waals surface area contributed by atoms with Gasteiger partial charge in [-0.1, -0.05) is 12.1 Å². The quantitative estimate of drug-likeness (QED) is 0.285. The molecule has 1 aromatic heterocycles. The third-order valence-electron chi connectivity index (χ3n) is 6.09. The molecule has 0 spiro atoms. The summed E-state index contributed by atoms with van der Waals surface area (Å²) in [5.74, 6) is -0.0754. The van der Waals surface area contributed by atoms with E-state index in [1.54, 1.807) is 62.0 Å². The first kappa shape index (κ1) is 24.8. The minimum Gasteiger partial charge on any atom is -0.507 e. The molecule has 186 valence electrons. The second-order valence-electron chi connectivity index (χ2n) is 8.32. The summed E-state index contributed by atoms with van der Waals surface area (Å²) in [6.45, 7) is 4.29. The number of aryl methyl sites for hydroxylation is 1. The van der Waals surface area contributed by atoms with Crippen LogP contribution in [0.1, 0.15) is 35.2 Å². The van der Waals surface area contributed by atoms with Gasteiger partial charge in [0.2, 0.25) is 0 Å². The molecule has 8 nitrogen and oxygen atoms in total. The van der Waals surface area contributed by atoms with Crippen LogP contribution in [0.3, 0.4) is 0 Å². The van der Waals surface area contributed by atoms with Crippen LogP contribution in [0.2, 0.25) is 0 Å². The van der Waals surface area contributed by atoms with Crippen molar-refractivity contribution in [3.63, 3.8) is 0 Å². The number of amides is 1. The number of carbonyl (C=O) groups is 2. The molecule has 2 heterocycles. The standard InChI is InChI=1S/C28H28N2O6/c1-5-36-22-11-8-19(14-23(22)35-4)25-24(26(31)20-9-10-21(34-3)17(2)13-20)27(32)28(33)30(25)16-18-7-6-12-29-15-18/h6-15,25,31H,5,16H2,1-4H3/b26-24+/t25-/m1/s1. The SMILES string of the molecule is CCOc1ccc([C@@H]2/C(=C(\O)c3ccc(OC)c(C)c3)C(=O)C(=O)N2Cc2cccnc2)cc1OC. The van der Waals surface area contributed by atoms with Crippen LogP contribution < -0.4 is 14.2 Å². The van der Waals surface area contributed by atoms with E-state index in [1.807, 2.05) is 19.9 Å². The summed E-state index contributed by atoms with van der Waals surface area (Å²) in [4.78, 5) is 32.2. The van der Waals surface area contributed by atoms with Crippen molar-refractivity contribution < 1.29 is 28.9 Å². The molecule has 4 rings (SSSR count). The number of likely N-dealkylation sites (tertiary alicyclic amines) is 1. The molecule has 36 heavy (non-hydrogen) atoms. The van der Waals surface area contributed by atoms with Gasteiger partial charge in [-0.3, -0.25) is 14.6 Å². The van der Waals surface area contributed by atoms with E-state index in [9.17, 15) is 14.7 Å². The Morgan fingerprint density at radius 3 is 2.42 bits per heavy atom. The normalized spacial score (nSPS) is 16.8. The van der Waals surface area contributed by atoms with Gasteiger partial charge in [0.25, 0.3) is 11.7 Å². The van der Waals surface area contributed by atoms with Crippen molar-refractivity contribution in [2.24, 2.45) is 0 Å². The summed E-state index contributed by atoms with van der Waals surface area (Å²) < 4.78 is 16.5. The summed E-state index contributed by atoms with van der Waals surface area (Å²) in [5, 5.41) is 11.3. The minimum absolute atomic E-state index is 0.000305. The van der Waals surface area contributed by atoms with Crippen LogP contribution in [0.5, 0.6) is 17.2 Å². The second-order valence-corrected chi connectivity index (χ2v) is 8.32. The average Bonchev–Trinajstić information content (AvgIpc) is 3.14. The Hall–Kier alpha value is -4.33. The van der Waals surface area contributed by atoms with Gasteiger partial charge in [0.05, 0.1) is 32.4 Å². The highest BCUT2D eigenvalue weighted by Crippen LogP contribution is 2.43. The first-order chi connectivity index (χ1) is 17.4. The van der Waals surface area contributed by atoms with Crippen LogP contribution in [-0.4, -0.2) is 47.5 Å². The Morgan fingerprint density at radius 2 is 1.78 bits per heavy atom. The molecule has 1 atom stereocenters. The maximum Gasteiger partial charge on any atom is 0.295 e. The van der Waals surface area contributed by atoms with Crippen LogP contribution in [0, 0.1) is 6.92 Å². The summed E-state index contributed by atoms with van der Waals surface area (Å²) in [5.41, 5.74) is 2.55. The molecule has 1 aliphatic heterocycles. The molecule has 1 aliphatic rings. The minimum atomic E-state index is -0.850. The van der Waals surface area contributed by atoms with Gasteiger partial charge in [0, 0.05) is 24.5 Å². The van der Waals surface area contributed by atoms with E-state index in [0.717, 1.165) is 11.1 Å². The molecule has 0 radical (unpaired) electrons. The number of aliphatic hydroxyl groups excluding tert-OH is 1. The predicted molar refractivity (Wildman–Crippen MR) is 134 cm³/mol. The predicted octanol–water partition coefficient (Wildman–Crippen LogP) is 4.43. The van der Waals surface area contributed by atoms with Gasteiger partial charge in [-0.15, -0.1) is 0 Å². The van der Waals surface area contributed by atoms with E-state index in [1.165, 1.54) is 12.0 Å². The number of benzene rings is 2. The third-order valence-corrected chi connectivity index (χ3v) is 6.09. The van der Waals surface area contributed by atoms with Gasteiger partial charge in [0.15, 0.2) is 11.5 Å². The van der Waals surface area contributed by atoms with Gasteiger partial charge >= 0.3 is 0 Å². The lowest BCUT2D eigenvalue weighted by atomic mass is 9.94. The molecule has 1 N–H and O–H groups in total. The number of aromatic nitrogens is 1. The van der Waals surface area contributed by atoms with E-state index in [-0.39, 0.29) is 17.9 Å². The highest BCUT2D eigenvalue weighted by atomic mass is 16.5. The number of methoxy groups -OCH3 is 2. The largest absolute Gasteiger partial charge is 0.507 e. The molecule has 8 heteroatoms. The van der Waals surface area contributed by atoms with Gasteiger partial charge in [-0.2, -0.15) is 0 Å². The fourth-order valence-electron chi connectivity index (χ4n) is 4.39. The van der Waals surface area contributed by atoms with E-state index in [0.29, 0.717) is 35.0 Å². The smallest absolute Gasteiger partial charge is 0.295 e. The van der Waals surface area contributed by atoms with Gasteiger partial charge < -0.3 is 24.2 Å². The zero-order valence-electron chi connectivity index (χ0n) is 20.6. The first-order valence-electron chi connectivity index (χ1n) is 11.5. The van der Waals surface area contributed by atoms with Gasteiger partial charge in [-0.05, 0) is 66.9 Å². The number of carbonyl (C=O) groups excluding carboxylic acids is 2. The molecule has 3 aromatic rings. The first-order valence-corrected chi connectivity index (χ1v) is 11.5. The second kappa shape index (κ2) is 10.5. The zero-order chi connectivity index (χ0) is 25.8.